The highest BCUT2D eigenvalue weighted by atomic mass is 32.2. The van der Waals surface area contributed by atoms with Crippen molar-refractivity contribution in [2.24, 2.45) is 46.3 Å². The van der Waals surface area contributed by atoms with Crippen LogP contribution in [0.2, 0.25) is 0 Å². The summed E-state index contributed by atoms with van der Waals surface area (Å²) in [5.41, 5.74) is 1.04. The highest BCUT2D eigenvalue weighted by Crippen LogP contribution is 2.68. The fourth-order valence-corrected chi connectivity index (χ4v) is 12.0. The van der Waals surface area contributed by atoms with Crippen molar-refractivity contribution in [3.63, 3.8) is 0 Å². The smallest absolute Gasteiger partial charge is 0.220 e. The zero-order valence-corrected chi connectivity index (χ0v) is 26.7. The number of rotatable bonds is 11. The van der Waals surface area contributed by atoms with E-state index in [1.807, 2.05) is 0 Å². The molecule has 0 spiro atoms. The molecule has 4 saturated carbocycles. The van der Waals surface area contributed by atoms with Crippen LogP contribution in [0.25, 0.3) is 0 Å². The Kier molecular flexibility index (Phi) is 9.55. The molecule has 0 heterocycles. The maximum Gasteiger partial charge on any atom is 0.220 e. The van der Waals surface area contributed by atoms with Crippen LogP contribution in [0.15, 0.2) is 0 Å². The Morgan fingerprint density at radius 3 is 2.41 bits per heavy atom. The van der Waals surface area contributed by atoms with Gasteiger partial charge in [-0.2, -0.15) is 0 Å². The second-order valence-corrected chi connectivity index (χ2v) is 16.7. The average molecular weight is 567 g/mol. The molecule has 4 fully saturated rings. The Morgan fingerprint density at radius 2 is 1.72 bits per heavy atom. The normalized spacial score (nSPS) is 38.3. The monoisotopic (exact) mass is 566 g/mol. The number of carbonyl (C=O) groups excluding carboxylic acids is 1. The molecule has 7 heteroatoms. The van der Waals surface area contributed by atoms with Gasteiger partial charge in [-0.05, 0) is 104 Å². The summed E-state index contributed by atoms with van der Waals surface area (Å²) < 4.78 is 35.0. The number of quaternary nitrogens is 1. The van der Waals surface area contributed by atoms with E-state index in [1.165, 1.54) is 64.2 Å². The standard InChI is InChI=1S/C32H58N2O4S/c1-7-30(39(36,37)38)34(5,6)22-10-21-33-29(35)17-12-23(2)26-15-16-27-25-14-13-24-11-8-9-19-31(24,3)28(25)18-20-32(26,27)4/h23-28,30H,7-22H2,1-6H3,(H-,33,35,36,37,38)/t23-,24?,25+,26-,27+,28+,30?,31+,32-/m1/s1. The van der Waals surface area contributed by atoms with E-state index < -0.39 is 15.5 Å². The lowest BCUT2D eigenvalue weighted by Crippen LogP contribution is -2.53. The lowest BCUT2D eigenvalue weighted by Gasteiger charge is -2.61. The third-order valence-corrected chi connectivity index (χ3v) is 14.4. The second-order valence-electron chi connectivity index (χ2n) is 15.2. The zero-order valence-electron chi connectivity index (χ0n) is 25.8. The van der Waals surface area contributed by atoms with Crippen LogP contribution in [0.1, 0.15) is 118 Å². The largest absolute Gasteiger partial charge is 0.743 e. The Hall–Kier alpha value is -0.660. The molecular weight excluding hydrogens is 508 g/mol. The predicted octanol–water partition coefficient (Wildman–Crippen LogP) is 6.32. The van der Waals surface area contributed by atoms with Gasteiger partial charge in [0.15, 0.2) is 5.37 Å². The van der Waals surface area contributed by atoms with Crippen molar-refractivity contribution in [1.82, 2.24) is 5.32 Å². The predicted molar refractivity (Wildman–Crippen MR) is 157 cm³/mol. The molecule has 4 aliphatic carbocycles. The molecule has 0 aromatic rings. The molecule has 0 aliphatic heterocycles. The van der Waals surface area contributed by atoms with Gasteiger partial charge in [-0.15, -0.1) is 0 Å². The van der Waals surface area contributed by atoms with Crippen molar-refractivity contribution in [3.8, 4) is 0 Å². The van der Waals surface area contributed by atoms with Gasteiger partial charge in [-0.3, -0.25) is 4.79 Å². The molecule has 226 valence electrons. The van der Waals surface area contributed by atoms with Gasteiger partial charge >= 0.3 is 0 Å². The number of nitrogens with zero attached hydrogens (tertiary/aromatic N) is 1. The van der Waals surface area contributed by atoms with E-state index in [0.717, 1.165) is 36.0 Å². The summed E-state index contributed by atoms with van der Waals surface area (Å²) in [5.74, 6) is 5.11. The molecule has 1 N–H and O–H groups in total. The lowest BCUT2D eigenvalue weighted by molar-refractivity contribution is -0.901. The van der Waals surface area contributed by atoms with E-state index in [9.17, 15) is 17.8 Å². The Morgan fingerprint density at radius 1 is 1.00 bits per heavy atom. The minimum atomic E-state index is -4.35. The Labute approximate surface area is 239 Å². The Balaban J connectivity index is 1.24. The third-order valence-electron chi connectivity index (χ3n) is 12.9. The SMILES string of the molecule is CCC([N+](C)(C)CCCNC(=O)CC[C@@H](C)[C@H]1CC[C@H]2[C@@H]3CCC4CCCC[C@]4(C)[C@H]3CC[C@]12C)S(=O)(=O)[O-]. The van der Waals surface area contributed by atoms with E-state index >= 15 is 0 Å². The highest BCUT2D eigenvalue weighted by molar-refractivity contribution is 7.86. The van der Waals surface area contributed by atoms with Crippen molar-refractivity contribution in [1.29, 1.82) is 0 Å². The van der Waals surface area contributed by atoms with E-state index in [1.54, 1.807) is 21.0 Å². The first-order valence-corrected chi connectivity index (χ1v) is 17.7. The number of nitrogens with one attached hydrogen (secondary N) is 1. The Bertz CT molecular complexity index is 967. The lowest BCUT2D eigenvalue weighted by atomic mass is 9.44. The summed E-state index contributed by atoms with van der Waals surface area (Å²) in [7, 11) is -0.769. The number of carbonyl (C=O) groups is 1. The average Bonchev–Trinajstić information content (AvgIpc) is 3.21. The number of hydrogen-bond donors (Lipinski definition) is 1. The van der Waals surface area contributed by atoms with Gasteiger partial charge in [-0.1, -0.05) is 40.5 Å². The minimum Gasteiger partial charge on any atom is -0.743 e. The maximum atomic E-state index is 12.7. The minimum absolute atomic E-state index is 0.0996. The molecule has 6 nitrogen and oxygen atoms in total. The topological polar surface area (TPSA) is 86.3 Å². The van der Waals surface area contributed by atoms with Crippen LogP contribution in [0, 0.1) is 46.3 Å². The van der Waals surface area contributed by atoms with Crippen LogP contribution in [0.3, 0.4) is 0 Å². The molecule has 39 heavy (non-hydrogen) atoms. The molecule has 0 radical (unpaired) electrons. The molecule has 4 rings (SSSR count). The van der Waals surface area contributed by atoms with Gasteiger partial charge < -0.3 is 14.4 Å². The van der Waals surface area contributed by atoms with Crippen molar-refractivity contribution >= 4 is 16.0 Å². The molecule has 9 atom stereocenters. The summed E-state index contributed by atoms with van der Waals surface area (Å²) in [6, 6.07) is 0. The van der Waals surface area contributed by atoms with Gasteiger partial charge in [0, 0.05) is 25.8 Å². The van der Waals surface area contributed by atoms with Gasteiger partial charge in [0.1, 0.15) is 10.1 Å². The van der Waals surface area contributed by atoms with E-state index in [0.29, 0.717) is 49.1 Å². The molecular formula is C32H58N2O4S. The molecule has 2 unspecified atom stereocenters. The van der Waals surface area contributed by atoms with Gasteiger partial charge in [0.05, 0.1) is 20.6 Å². The van der Waals surface area contributed by atoms with Crippen LogP contribution in [0.5, 0.6) is 0 Å². The van der Waals surface area contributed by atoms with Crippen molar-refractivity contribution in [2.45, 2.75) is 123 Å². The van der Waals surface area contributed by atoms with E-state index in [2.05, 4.69) is 26.1 Å². The molecule has 1 amide bonds. The summed E-state index contributed by atoms with van der Waals surface area (Å²) in [4.78, 5) is 12.7. The van der Waals surface area contributed by atoms with Gasteiger partial charge in [-0.25, -0.2) is 8.42 Å². The summed E-state index contributed by atoms with van der Waals surface area (Å²) in [5, 5.41) is 2.11. The summed E-state index contributed by atoms with van der Waals surface area (Å²) >= 11 is 0. The fraction of sp³-hybridized carbons (Fsp3) is 0.969. The first-order valence-electron chi connectivity index (χ1n) is 16.3. The number of amides is 1. The fourth-order valence-electron chi connectivity index (χ4n) is 10.8. The van der Waals surface area contributed by atoms with Crippen LogP contribution in [0.4, 0.5) is 0 Å². The van der Waals surface area contributed by atoms with Crippen molar-refractivity contribution in [3.05, 3.63) is 0 Å². The first-order chi connectivity index (χ1) is 18.2. The zero-order chi connectivity index (χ0) is 28.6. The number of hydrogen-bond acceptors (Lipinski definition) is 4. The molecule has 4 aliphatic rings. The summed E-state index contributed by atoms with van der Waals surface area (Å²) in [6.45, 7) is 10.5. The summed E-state index contributed by atoms with van der Waals surface area (Å²) in [6.07, 6.45) is 16.8. The third kappa shape index (κ3) is 6.26. The molecule has 0 aromatic heterocycles. The van der Waals surface area contributed by atoms with Gasteiger partial charge in [0.25, 0.3) is 0 Å². The van der Waals surface area contributed by atoms with Crippen molar-refractivity contribution < 1.29 is 22.2 Å². The van der Waals surface area contributed by atoms with E-state index in [-0.39, 0.29) is 10.4 Å². The van der Waals surface area contributed by atoms with Crippen LogP contribution < -0.4 is 5.32 Å². The molecule has 0 saturated heterocycles. The maximum absolute atomic E-state index is 12.7. The van der Waals surface area contributed by atoms with Crippen LogP contribution >= 0.6 is 0 Å². The van der Waals surface area contributed by atoms with Crippen LogP contribution in [-0.2, 0) is 14.9 Å². The van der Waals surface area contributed by atoms with E-state index in [4.69, 9.17) is 0 Å². The second kappa shape index (κ2) is 11.9. The molecule has 0 aromatic carbocycles. The quantitative estimate of drug-likeness (QED) is 0.180. The van der Waals surface area contributed by atoms with Crippen LogP contribution in [-0.4, -0.2) is 55.9 Å². The first kappa shape index (κ1) is 31.3. The number of fused-ring (bicyclic) bond motifs is 5. The highest BCUT2D eigenvalue weighted by Gasteiger charge is 2.60. The molecule has 0 bridgehead atoms. The van der Waals surface area contributed by atoms with Crippen molar-refractivity contribution in [2.75, 3.05) is 27.2 Å². The van der Waals surface area contributed by atoms with Gasteiger partial charge in [0.2, 0.25) is 5.91 Å².